The van der Waals surface area contributed by atoms with Gasteiger partial charge in [0.05, 0.1) is 18.5 Å². The van der Waals surface area contributed by atoms with Gasteiger partial charge in [0.25, 0.3) is 0 Å². The van der Waals surface area contributed by atoms with Gasteiger partial charge in [-0.1, -0.05) is 0 Å². The summed E-state index contributed by atoms with van der Waals surface area (Å²) in [5.74, 6) is 0.647. The van der Waals surface area contributed by atoms with Crippen LogP contribution in [0.15, 0.2) is 36.8 Å². The van der Waals surface area contributed by atoms with Gasteiger partial charge in [0.15, 0.2) is 5.82 Å². The van der Waals surface area contributed by atoms with E-state index in [0.717, 1.165) is 0 Å². The molecule has 0 radical (unpaired) electrons. The summed E-state index contributed by atoms with van der Waals surface area (Å²) in [6.45, 7) is -0.242. The minimum atomic E-state index is -0.627. The third-order valence-corrected chi connectivity index (χ3v) is 2.06. The van der Waals surface area contributed by atoms with Crippen LogP contribution in [0.25, 0.3) is 5.82 Å². The number of hydrogen-bond acceptors (Lipinski definition) is 5. The molecule has 0 aromatic carbocycles. The zero-order chi connectivity index (χ0) is 12.8. The maximum absolute atomic E-state index is 11.2. The first-order valence-corrected chi connectivity index (χ1v) is 5.30. The highest BCUT2D eigenvalue weighted by Crippen LogP contribution is 2.09. The number of ether oxygens (including phenoxy) is 1. The Bertz CT molecular complexity index is 496. The minimum absolute atomic E-state index is 0.0371. The van der Waals surface area contributed by atoms with Crippen LogP contribution in [0, 0.1) is 0 Å². The Balaban J connectivity index is 1.98. The molecule has 0 spiro atoms. The number of nitrogens with zero attached hydrogens (tertiary/aromatic N) is 3. The SMILES string of the molecule is O=C(Nc1ccc(-n2cccn2)nc1)OCCO. The number of aliphatic hydroxyl groups excluding tert-OH is 1. The highest BCUT2D eigenvalue weighted by molar-refractivity contribution is 5.84. The molecule has 94 valence electrons. The summed E-state index contributed by atoms with van der Waals surface area (Å²) in [6.07, 6.45) is 4.29. The first kappa shape index (κ1) is 12.1. The van der Waals surface area contributed by atoms with E-state index in [9.17, 15) is 4.79 Å². The van der Waals surface area contributed by atoms with Crippen LogP contribution in [0.2, 0.25) is 0 Å². The largest absolute Gasteiger partial charge is 0.447 e. The molecule has 0 fully saturated rings. The molecule has 2 heterocycles. The second-order valence-corrected chi connectivity index (χ2v) is 3.34. The lowest BCUT2D eigenvalue weighted by Crippen LogP contribution is -2.16. The van der Waals surface area contributed by atoms with Crippen LogP contribution in [0.1, 0.15) is 0 Å². The lowest BCUT2D eigenvalue weighted by atomic mass is 10.4. The maximum Gasteiger partial charge on any atom is 0.411 e. The van der Waals surface area contributed by atoms with Gasteiger partial charge in [-0.15, -0.1) is 0 Å². The number of nitrogens with one attached hydrogen (secondary N) is 1. The average molecular weight is 248 g/mol. The van der Waals surface area contributed by atoms with Gasteiger partial charge in [-0.3, -0.25) is 5.32 Å². The van der Waals surface area contributed by atoms with Crippen LogP contribution in [0.5, 0.6) is 0 Å². The Morgan fingerprint density at radius 1 is 1.50 bits per heavy atom. The molecular formula is C11H12N4O3. The number of rotatable bonds is 4. The number of carbonyl (C=O) groups excluding carboxylic acids is 1. The predicted molar refractivity (Wildman–Crippen MR) is 63.4 cm³/mol. The quantitative estimate of drug-likeness (QED) is 0.835. The molecule has 0 saturated heterocycles. The summed E-state index contributed by atoms with van der Waals surface area (Å²) in [7, 11) is 0. The fourth-order valence-corrected chi connectivity index (χ4v) is 1.29. The van der Waals surface area contributed by atoms with Gasteiger partial charge in [0.1, 0.15) is 6.61 Å². The third-order valence-electron chi connectivity index (χ3n) is 2.06. The van der Waals surface area contributed by atoms with Crippen molar-refractivity contribution in [2.45, 2.75) is 0 Å². The van der Waals surface area contributed by atoms with Crippen LogP contribution in [-0.4, -0.2) is 39.2 Å². The van der Waals surface area contributed by atoms with Gasteiger partial charge in [-0.25, -0.2) is 14.5 Å². The van der Waals surface area contributed by atoms with E-state index in [2.05, 4.69) is 20.1 Å². The van der Waals surface area contributed by atoms with E-state index in [1.165, 1.54) is 6.20 Å². The fraction of sp³-hybridized carbons (Fsp3) is 0.182. The lowest BCUT2D eigenvalue weighted by molar-refractivity contribution is 0.131. The Hall–Kier alpha value is -2.41. The molecule has 0 unspecified atom stereocenters. The van der Waals surface area contributed by atoms with E-state index in [0.29, 0.717) is 11.5 Å². The monoisotopic (exact) mass is 248 g/mol. The third kappa shape index (κ3) is 3.05. The molecule has 0 aliphatic rings. The molecule has 2 aromatic heterocycles. The van der Waals surface area contributed by atoms with Gasteiger partial charge in [0.2, 0.25) is 0 Å². The zero-order valence-corrected chi connectivity index (χ0v) is 9.48. The van der Waals surface area contributed by atoms with Crippen molar-refractivity contribution in [1.29, 1.82) is 0 Å². The van der Waals surface area contributed by atoms with Crippen LogP contribution in [0.4, 0.5) is 10.5 Å². The maximum atomic E-state index is 11.2. The Labute approximate surface area is 103 Å². The van der Waals surface area contributed by atoms with Crippen LogP contribution >= 0.6 is 0 Å². The summed E-state index contributed by atoms with van der Waals surface area (Å²) in [5.41, 5.74) is 0.508. The molecule has 0 aliphatic carbocycles. The van der Waals surface area contributed by atoms with Crippen molar-refractivity contribution >= 4 is 11.8 Å². The molecule has 0 atom stereocenters. The molecule has 2 rings (SSSR count). The summed E-state index contributed by atoms with van der Waals surface area (Å²) in [5, 5.41) is 15.0. The van der Waals surface area contributed by atoms with E-state index < -0.39 is 6.09 Å². The van der Waals surface area contributed by atoms with Crippen molar-refractivity contribution in [3.8, 4) is 5.82 Å². The molecule has 2 N–H and O–H groups in total. The fourth-order valence-electron chi connectivity index (χ4n) is 1.29. The highest BCUT2D eigenvalue weighted by Gasteiger charge is 2.03. The standard InChI is InChI=1S/C11H12N4O3/c16-6-7-18-11(17)14-9-2-3-10(12-8-9)15-5-1-4-13-15/h1-5,8,16H,6-7H2,(H,14,17). The van der Waals surface area contributed by atoms with E-state index >= 15 is 0 Å². The van der Waals surface area contributed by atoms with Gasteiger partial charge in [-0.05, 0) is 18.2 Å². The van der Waals surface area contributed by atoms with Crippen molar-refractivity contribution in [3.63, 3.8) is 0 Å². The number of anilines is 1. The number of carbonyl (C=O) groups is 1. The van der Waals surface area contributed by atoms with Crippen LogP contribution in [-0.2, 0) is 4.74 Å². The van der Waals surface area contributed by atoms with E-state index in [1.807, 2.05) is 0 Å². The smallest absolute Gasteiger partial charge is 0.411 e. The number of amides is 1. The Kier molecular flexibility index (Phi) is 3.87. The van der Waals surface area contributed by atoms with Gasteiger partial charge < -0.3 is 9.84 Å². The van der Waals surface area contributed by atoms with E-state index in [1.54, 1.807) is 35.3 Å². The molecule has 18 heavy (non-hydrogen) atoms. The number of pyridine rings is 1. The van der Waals surface area contributed by atoms with Gasteiger partial charge >= 0.3 is 6.09 Å². The molecule has 1 amide bonds. The summed E-state index contributed by atoms with van der Waals surface area (Å²) in [4.78, 5) is 15.3. The number of hydrogen-bond donors (Lipinski definition) is 2. The van der Waals surface area contributed by atoms with Crippen molar-refractivity contribution < 1.29 is 14.6 Å². The molecule has 0 aliphatic heterocycles. The summed E-state index contributed by atoms with van der Waals surface area (Å²) in [6, 6.07) is 5.19. The second kappa shape index (κ2) is 5.78. The van der Waals surface area contributed by atoms with Crippen molar-refractivity contribution in [3.05, 3.63) is 36.8 Å². The second-order valence-electron chi connectivity index (χ2n) is 3.34. The van der Waals surface area contributed by atoms with E-state index in [-0.39, 0.29) is 13.2 Å². The zero-order valence-electron chi connectivity index (χ0n) is 9.48. The highest BCUT2D eigenvalue weighted by atomic mass is 16.6. The van der Waals surface area contributed by atoms with Crippen LogP contribution in [0.3, 0.4) is 0 Å². The van der Waals surface area contributed by atoms with Gasteiger partial charge in [0, 0.05) is 12.4 Å². The molecule has 2 aromatic rings. The minimum Gasteiger partial charge on any atom is -0.447 e. The van der Waals surface area contributed by atoms with Crippen molar-refractivity contribution in [2.75, 3.05) is 18.5 Å². The Morgan fingerprint density at radius 2 is 2.39 bits per heavy atom. The first-order chi connectivity index (χ1) is 8.79. The average Bonchev–Trinajstić information content (AvgIpc) is 2.91. The normalized spacial score (nSPS) is 10.1. The molecule has 0 saturated carbocycles. The summed E-state index contributed by atoms with van der Waals surface area (Å²) >= 11 is 0. The molecule has 7 heteroatoms. The number of aliphatic hydroxyl groups is 1. The predicted octanol–water partition coefficient (Wildman–Crippen LogP) is 0.808. The van der Waals surface area contributed by atoms with Crippen LogP contribution < -0.4 is 5.32 Å². The Morgan fingerprint density at radius 3 is 3.00 bits per heavy atom. The topological polar surface area (TPSA) is 89.3 Å². The lowest BCUT2D eigenvalue weighted by Gasteiger charge is -2.06. The number of aromatic nitrogens is 3. The molecule has 7 nitrogen and oxygen atoms in total. The molecular weight excluding hydrogens is 236 g/mol. The van der Waals surface area contributed by atoms with Crippen molar-refractivity contribution in [1.82, 2.24) is 14.8 Å². The van der Waals surface area contributed by atoms with E-state index in [4.69, 9.17) is 5.11 Å². The van der Waals surface area contributed by atoms with Crippen molar-refractivity contribution in [2.24, 2.45) is 0 Å². The van der Waals surface area contributed by atoms with Gasteiger partial charge in [-0.2, -0.15) is 5.10 Å². The summed E-state index contributed by atoms with van der Waals surface area (Å²) < 4.78 is 6.26. The molecule has 0 bridgehead atoms. The first-order valence-electron chi connectivity index (χ1n) is 5.30.